The van der Waals surface area contributed by atoms with Gasteiger partial charge in [-0.3, -0.25) is 4.79 Å². The Morgan fingerprint density at radius 1 is 0.892 bits per heavy atom. The predicted molar refractivity (Wildman–Crippen MR) is 146 cm³/mol. The fourth-order valence-corrected chi connectivity index (χ4v) is 5.50. The molecule has 0 saturated carbocycles. The number of unbranched alkanes of at least 4 members (excludes halogenated alkanes) is 2. The second-order valence-electron chi connectivity index (χ2n) is 9.94. The van der Waals surface area contributed by atoms with E-state index >= 15 is 0 Å². The molecule has 192 valence electrons. The summed E-state index contributed by atoms with van der Waals surface area (Å²) in [5, 5.41) is 0. The third-order valence-electron chi connectivity index (χ3n) is 7.48. The molecular formula is C31H34N2O4. The van der Waals surface area contributed by atoms with Gasteiger partial charge in [0.1, 0.15) is 11.5 Å². The van der Waals surface area contributed by atoms with Crippen LogP contribution >= 0.6 is 0 Å². The molecule has 1 amide bonds. The maximum Gasteiger partial charge on any atom is 0.340 e. The van der Waals surface area contributed by atoms with Crippen molar-refractivity contribution in [3.63, 3.8) is 0 Å². The number of benzene rings is 3. The molecule has 6 heteroatoms. The van der Waals surface area contributed by atoms with Crippen LogP contribution < -0.4 is 14.5 Å². The minimum absolute atomic E-state index is 0.364. The molecule has 3 aromatic carbocycles. The molecule has 2 aliphatic rings. The van der Waals surface area contributed by atoms with Crippen LogP contribution in [0.1, 0.15) is 72.1 Å². The standard InChI is InChI=1S/C31H34N2O4/c1-5-7-15-33(16-8-6-2)22-13-14-25-29(18-22)36-28-17-21(3)27(32(4)20-34)19-26(28)31(25)24-12-10-9-11-23(24)30(35)37-31/h9-14,17-20H,5-8,15-16H2,1-4H3. The van der Waals surface area contributed by atoms with E-state index in [-0.39, 0.29) is 5.97 Å². The third kappa shape index (κ3) is 4.05. The van der Waals surface area contributed by atoms with Crippen LogP contribution in [-0.2, 0) is 15.1 Å². The lowest BCUT2D eigenvalue weighted by Crippen LogP contribution is -2.34. The molecule has 37 heavy (non-hydrogen) atoms. The number of hydrogen-bond donors (Lipinski definition) is 0. The number of nitrogens with zero attached hydrogens (tertiary/aromatic N) is 2. The van der Waals surface area contributed by atoms with Crippen LogP contribution in [0.25, 0.3) is 0 Å². The van der Waals surface area contributed by atoms with Gasteiger partial charge in [0.05, 0.1) is 5.56 Å². The molecular weight excluding hydrogens is 464 g/mol. The minimum atomic E-state index is -1.15. The summed E-state index contributed by atoms with van der Waals surface area (Å²) in [6.07, 6.45) is 5.27. The molecule has 1 atom stereocenters. The average molecular weight is 499 g/mol. The van der Waals surface area contributed by atoms with E-state index in [0.29, 0.717) is 22.6 Å². The van der Waals surface area contributed by atoms with Crippen LogP contribution in [0.15, 0.2) is 54.6 Å². The van der Waals surface area contributed by atoms with Crippen molar-refractivity contribution in [2.24, 2.45) is 0 Å². The Labute approximate surface area is 218 Å². The molecule has 0 N–H and O–H groups in total. The van der Waals surface area contributed by atoms with Gasteiger partial charge in [0.2, 0.25) is 6.41 Å². The predicted octanol–water partition coefficient (Wildman–Crippen LogP) is 6.56. The Hall–Kier alpha value is -3.80. The largest absolute Gasteiger partial charge is 0.456 e. The highest BCUT2D eigenvalue weighted by Gasteiger charge is 2.53. The van der Waals surface area contributed by atoms with E-state index in [9.17, 15) is 9.59 Å². The van der Waals surface area contributed by atoms with Gasteiger partial charge in [0.15, 0.2) is 5.60 Å². The monoisotopic (exact) mass is 498 g/mol. The first-order chi connectivity index (χ1) is 17.9. The summed E-state index contributed by atoms with van der Waals surface area (Å²) < 4.78 is 12.9. The van der Waals surface area contributed by atoms with Gasteiger partial charge in [-0.1, -0.05) is 44.9 Å². The number of carbonyl (C=O) groups excluding carboxylic acids is 2. The van der Waals surface area contributed by atoms with Crippen LogP contribution in [0.2, 0.25) is 0 Å². The molecule has 0 aliphatic carbocycles. The van der Waals surface area contributed by atoms with Gasteiger partial charge < -0.3 is 19.3 Å². The van der Waals surface area contributed by atoms with E-state index in [0.717, 1.165) is 73.2 Å². The Balaban J connectivity index is 1.72. The number of carbonyl (C=O) groups is 2. The lowest BCUT2D eigenvalue weighted by atomic mass is 9.77. The zero-order chi connectivity index (χ0) is 26.2. The number of aryl methyl sites for hydroxylation is 1. The zero-order valence-corrected chi connectivity index (χ0v) is 22.0. The number of amides is 1. The summed E-state index contributed by atoms with van der Waals surface area (Å²) in [4.78, 5) is 28.8. The first-order valence-corrected chi connectivity index (χ1v) is 13.2. The lowest BCUT2D eigenvalue weighted by Gasteiger charge is -2.38. The molecule has 0 radical (unpaired) electrons. The van der Waals surface area contributed by atoms with Gasteiger partial charge in [0, 0.05) is 54.3 Å². The number of rotatable bonds is 9. The quantitative estimate of drug-likeness (QED) is 0.247. The SMILES string of the molecule is CCCCN(CCCC)c1ccc2c(c1)Oc1cc(C)c(N(C)C=O)cc1C21OC(=O)c2ccccc21. The Kier molecular flexibility index (Phi) is 6.67. The molecule has 2 heterocycles. The molecule has 6 nitrogen and oxygen atoms in total. The molecule has 2 aliphatic heterocycles. The molecule has 0 fully saturated rings. The van der Waals surface area contributed by atoms with Gasteiger partial charge in [0.25, 0.3) is 0 Å². The molecule has 0 saturated heterocycles. The van der Waals surface area contributed by atoms with E-state index in [4.69, 9.17) is 9.47 Å². The minimum Gasteiger partial charge on any atom is -0.456 e. The molecule has 0 aromatic heterocycles. The first-order valence-electron chi connectivity index (χ1n) is 13.2. The van der Waals surface area contributed by atoms with Gasteiger partial charge in [-0.25, -0.2) is 4.79 Å². The molecule has 5 rings (SSSR count). The van der Waals surface area contributed by atoms with E-state index in [2.05, 4.69) is 30.9 Å². The normalized spacial score (nSPS) is 16.9. The maximum absolute atomic E-state index is 13.2. The molecule has 0 bridgehead atoms. The summed E-state index contributed by atoms with van der Waals surface area (Å²) in [5.41, 5.74) is 4.42. The Morgan fingerprint density at radius 2 is 1.59 bits per heavy atom. The number of fused-ring (bicyclic) bond motifs is 6. The number of ether oxygens (including phenoxy) is 2. The number of esters is 1. The fraction of sp³-hybridized carbons (Fsp3) is 0.355. The molecule has 1 spiro atoms. The summed E-state index contributed by atoms with van der Waals surface area (Å²) >= 11 is 0. The number of hydrogen-bond acceptors (Lipinski definition) is 5. The highest BCUT2D eigenvalue weighted by molar-refractivity contribution is 5.97. The number of anilines is 2. The van der Waals surface area contributed by atoms with Gasteiger partial charge in [-0.05, 0) is 55.7 Å². The molecule has 3 aromatic rings. The maximum atomic E-state index is 13.2. The average Bonchev–Trinajstić information content (AvgIpc) is 3.20. The van der Waals surface area contributed by atoms with Crippen molar-refractivity contribution in [2.45, 2.75) is 52.1 Å². The van der Waals surface area contributed by atoms with Gasteiger partial charge in [-0.2, -0.15) is 0 Å². The topological polar surface area (TPSA) is 59.1 Å². The molecule has 1 unspecified atom stereocenters. The highest BCUT2D eigenvalue weighted by atomic mass is 16.6. The van der Waals surface area contributed by atoms with Crippen molar-refractivity contribution in [1.82, 2.24) is 0 Å². The fourth-order valence-electron chi connectivity index (χ4n) is 5.50. The zero-order valence-electron chi connectivity index (χ0n) is 22.0. The van der Waals surface area contributed by atoms with Gasteiger partial charge >= 0.3 is 5.97 Å². The van der Waals surface area contributed by atoms with Crippen LogP contribution in [0, 0.1) is 6.92 Å². The summed E-state index contributed by atoms with van der Waals surface area (Å²) in [6, 6.07) is 17.6. The van der Waals surface area contributed by atoms with E-state index in [1.165, 1.54) is 4.90 Å². The lowest BCUT2D eigenvalue weighted by molar-refractivity contribution is -0.107. The smallest absolute Gasteiger partial charge is 0.340 e. The van der Waals surface area contributed by atoms with Crippen molar-refractivity contribution >= 4 is 23.8 Å². The van der Waals surface area contributed by atoms with Crippen LogP contribution in [0.3, 0.4) is 0 Å². The van der Waals surface area contributed by atoms with Crippen LogP contribution in [0.5, 0.6) is 11.5 Å². The van der Waals surface area contributed by atoms with Crippen molar-refractivity contribution in [3.8, 4) is 11.5 Å². The third-order valence-corrected chi connectivity index (χ3v) is 7.48. The van der Waals surface area contributed by atoms with E-state index in [1.54, 1.807) is 13.1 Å². The van der Waals surface area contributed by atoms with Crippen LogP contribution in [-0.4, -0.2) is 32.5 Å². The van der Waals surface area contributed by atoms with Crippen LogP contribution in [0.4, 0.5) is 11.4 Å². The Morgan fingerprint density at radius 3 is 2.30 bits per heavy atom. The van der Waals surface area contributed by atoms with E-state index in [1.807, 2.05) is 43.3 Å². The summed E-state index contributed by atoms with van der Waals surface area (Å²) in [7, 11) is 1.72. The second-order valence-corrected chi connectivity index (χ2v) is 9.94. The first kappa shape index (κ1) is 24.9. The highest BCUT2D eigenvalue weighted by Crippen LogP contribution is 2.57. The van der Waals surface area contributed by atoms with Gasteiger partial charge in [-0.15, -0.1) is 0 Å². The second kappa shape index (κ2) is 9.92. The van der Waals surface area contributed by atoms with Crippen molar-refractivity contribution in [2.75, 3.05) is 29.9 Å². The van der Waals surface area contributed by atoms with E-state index < -0.39 is 5.60 Å². The van der Waals surface area contributed by atoms with Crippen molar-refractivity contribution in [3.05, 3.63) is 82.4 Å². The Bertz CT molecular complexity index is 1340. The van der Waals surface area contributed by atoms with Crippen molar-refractivity contribution in [1.29, 1.82) is 0 Å². The van der Waals surface area contributed by atoms with Crippen molar-refractivity contribution < 1.29 is 19.1 Å². The summed E-state index contributed by atoms with van der Waals surface area (Å²) in [6.45, 7) is 8.33. The summed E-state index contributed by atoms with van der Waals surface area (Å²) in [5.74, 6) is 0.948.